The van der Waals surface area contributed by atoms with Crippen LogP contribution in [0.2, 0.25) is 5.02 Å². The molecule has 0 spiro atoms. The molecule has 2 amide bonds. The third kappa shape index (κ3) is 4.88. The maximum absolute atomic E-state index is 12.1. The smallest absolute Gasteiger partial charge is 0.240 e. The van der Waals surface area contributed by atoms with Crippen LogP contribution >= 0.6 is 23.4 Å². The van der Waals surface area contributed by atoms with Gasteiger partial charge in [-0.2, -0.15) is 0 Å². The summed E-state index contributed by atoms with van der Waals surface area (Å²) >= 11 is 7.32. The van der Waals surface area contributed by atoms with Gasteiger partial charge in [0.1, 0.15) is 11.0 Å². The van der Waals surface area contributed by atoms with Crippen molar-refractivity contribution in [2.24, 2.45) is 4.99 Å². The predicted octanol–water partition coefficient (Wildman–Crippen LogP) is 3.06. The van der Waals surface area contributed by atoms with Gasteiger partial charge in [-0.25, -0.2) is 0 Å². The molecule has 0 aromatic heterocycles. The number of aliphatic imine (C=N–C) groups is 1. The highest BCUT2D eigenvalue weighted by molar-refractivity contribution is 8.15. The summed E-state index contributed by atoms with van der Waals surface area (Å²) in [5.41, 5.74) is 0.558. The van der Waals surface area contributed by atoms with Crippen LogP contribution in [0.5, 0.6) is 5.75 Å². The Morgan fingerprint density at radius 1 is 1.54 bits per heavy atom. The van der Waals surface area contributed by atoms with Crippen molar-refractivity contribution in [1.82, 2.24) is 5.32 Å². The molecule has 1 fully saturated rings. The molecule has 6 nitrogen and oxygen atoms in total. The van der Waals surface area contributed by atoms with E-state index >= 15 is 0 Å². The topological polar surface area (TPSA) is 79.8 Å². The van der Waals surface area contributed by atoms with E-state index in [-0.39, 0.29) is 24.3 Å². The van der Waals surface area contributed by atoms with E-state index in [1.165, 1.54) is 18.9 Å². The van der Waals surface area contributed by atoms with Crippen LogP contribution in [0.4, 0.5) is 5.69 Å². The molecule has 0 radical (unpaired) electrons. The second-order valence-electron chi connectivity index (χ2n) is 5.39. The summed E-state index contributed by atoms with van der Waals surface area (Å²) < 4.78 is 5.07. The average Bonchev–Trinajstić information content (AvgIpc) is 2.86. The molecule has 130 valence electrons. The Labute approximate surface area is 150 Å². The van der Waals surface area contributed by atoms with Gasteiger partial charge in [-0.3, -0.25) is 14.6 Å². The highest BCUT2D eigenvalue weighted by Crippen LogP contribution is 2.28. The average molecular weight is 370 g/mol. The molecule has 1 aromatic carbocycles. The van der Waals surface area contributed by atoms with Gasteiger partial charge in [-0.05, 0) is 31.5 Å². The number of thioether (sulfide) groups is 1. The number of halogens is 1. The first-order valence-corrected chi connectivity index (χ1v) is 8.87. The number of nitrogens with one attached hydrogen (secondary N) is 2. The van der Waals surface area contributed by atoms with Crippen molar-refractivity contribution in [1.29, 1.82) is 0 Å². The van der Waals surface area contributed by atoms with Crippen LogP contribution in [0.3, 0.4) is 0 Å². The molecule has 0 bridgehead atoms. The van der Waals surface area contributed by atoms with E-state index in [0.717, 1.165) is 6.42 Å². The lowest BCUT2D eigenvalue weighted by molar-refractivity contribution is -0.122. The normalized spacial score (nSPS) is 19.9. The summed E-state index contributed by atoms with van der Waals surface area (Å²) in [6, 6.07) is 5.11. The lowest BCUT2D eigenvalue weighted by Gasteiger charge is -2.09. The van der Waals surface area contributed by atoms with Crippen LogP contribution < -0.4 is 15.4 Å². The van der Waals surface area contributed by atoms with Gasteiger partial charge in [0.15, 0.2) is 5.17 Å². The van der Waals surface area contributed by atoms with E-state index in [0.29, 0.717) is 21.6 Å². The Morgan fingerprint density at radius 3 is 2.92 bits per heavy atom. The van der Waals surface area contributed by atoms with Crippen LogP contribution in [0.15, 0.2) is 23.2 Å². The number of amidine groups is 1. The lowest BCUT2D eigenvalue weighted by Crippen LogP contribution is -2.28. The molecular weight excluding hydrogens is 350 g/mol. The molecule has 24 heavy (non-hydrogen) atoms. The monoisotopic (exact) mass is 369 g/mol. The zero-order chi connectivity index (χ0) is 17.7. The van der Waals surface area contributed by atoms with Crippen molar-refractivity contribution in [3.63, 3.8) is 0 Å². The Bertz CT molecular complexity index is 666. The van der Waals surface area contributed by atoms with Gasteiger partial charge < -0.3 is 15.4 Å². The zero-order valence-electron chi connectivity index (χ0n) is 13.8. The van der Waals surface area contributed by atoms with Gasteiger partial charge in [0.2, 0.25) is 11.8 Å². The Hall–Kier alpha value is -1.73. The maximum atomic E-state index is 12.1. The molecule has 1 aliphatic rings. The minimum absolute atomic E-state index is 0.0691. The first kappa shape index (κ1) is 18.6. The number of ether oxygens (including phenoxy) is 1. The first-order valence-electron chi connectivity index (χ1n) is 7.61. The number of nitrogens with zero attached hydrogens (tertiary/aromatic N) is 1. The standard InChI is InChI=1S/C16H20ClN3O3S/c1-4-9(2)18-16-20-15(22)13(24-16)8-14(21)19-10-5-6-12(23-3)11(17)7-10/h5-7,9,13H,4,8H2,1-3H3,(H,19,21)(H,18,20,22)/t9-,13-/m0/s1. The van der Waals surface area contributed by atoms with Gasteiger partial charge in [0.05, 0.1) is 12.1 Å². The fourth-order valence-electron chi connectivity index (χ4n) is 2.02. The molecule has 1 aromatic rings. The minimum atomic E-state index is -0.471. The van der Waals surface area contributed by atoms with Gasteiger partial charge in [-0.15, -0.1) is 0 Å². The molecule has 2 rings (SSSR count). The molecule has 1 saturated heterocycles. The van der Waals surface area contributed by atoms with Crippen molar-refractivity contribution in [2.45, 2.75) is 38.0 Å². The SMILES string of the molecule is CC[C@H](C)N=C1NC(=O)[C@H](CC(=O)Nc2ccc(OC)c(Cl)c2)S1. The number of benzene rings is 1. The van der Waals surface area contributed by atoms with Crippen LogP contribution in [0, 0.1) is 0 Å². The second-order valence-corrected chi connectivity index (χ2v) is 6.99. The lowest BCUT2D eigenvalue weighted by atomic mass is 10.2. The fourth-order valence-corrected chi connectivity index (χ4v) is 3.34. The molecular formula is C16H20ClN3O3S. The van der Waals surface area contributed by atoms with E-state index < -0.39 is 5.25 Å². The molecule has 8 heteroatoms. The molecule has 2 N–H and O–H groups in total. The quantitative estimate of drug-likeness (QED) is 0.807. The van der Waals surface area contributed by atoms with E-state index in [9.17, 15) is 9.59 Å². The van der Waals surface area contributed by atoms with Crippen LogP contribution in [-0.4, -0.2) is 35.4 Å². The van der Waals surface area contributed by atoms with E-state index in [4.69, 9.17) is 16.3 Å². The number of hydrogen-bond donors (Lipinski definition) is 2. The third-order valence-electron chi connectivity index (χ3n) is 3.51. The number of carbonyl (C=O) groups excluding carboxylic acids is 2. The van der Waals surface area contributed by atoms with Crippen molar-refractivity contribution in [3.8, 4) is 5.75 Å². The van der Waals surface area contributed by atoms with Crippen molar-refractivity contribution in [3.05, 3.63) is 23.2 Å². The first-order chi connectivity index (χ1) is 11.4. The maximum Gasteiger partial charge on any atom is 0.240 e. The Balaban J connectivity index is 1.94. The number of rotatable bonds is 6. The summed E-state index contributed by atoms with van der Waals surface area (Å²) in [6.45, 7) is 4.01. The van der Waals surface area contributed by atoms with E-state index in [2.05, 4.69) is 15.6 Å². The van der Waals surface area contributed by atoms with Gasteiger partial charge in [-0.1, -0.05) is 30.3 Å². The number of anilines is 1. The molecule has 1 aliphatic heterocycles. The van der Waals surface area contributed by atoms with E-state index in [1.54, 1.807) is 18.2 Å². The summed E-state index contributed by atoms with van der Waals surface area (Å²) in [7, 11) is 1.52. The Morgan fingerprint density at radius 2 is 2.29 bits per heavy atom. The second kappa shape index (κ2) is 8.39. The largest absolute Gasteiger partial charge is 0.495 e. The number of hydrogen-bond acceptors (Lipinski definition) is 5. The number of methoxy groups -OCH3 is 1. The van der Waals surface area contributed by atoms with Gasteiger partial charge in [0.25, 0.3) is 0 Å². The molecule has 0 unspecified atom stereocenters. The molecule has 2 atom stereocenters. The summed E-state index contributed by atoms with van der Waals surface area (Å²) in [5.74, 6) is 0.0879. The fraction of sp³-hybridized carbons (Fsp3) is 0.438. The highest BCUT2D eigenvalue weighted by Gasteiger charge is 2.32. The number of carbonyl (C=O) groups is 2. The van der Waals surface area contributed by atoms with Crippen molar-refractivity contribution in [2.75, 3.05) is 12.4 Å². The summed E-state index contributed by atoms with van der Waals surface area (Å²) in [4.78, 5) is 28.5. The van der Waals surface area contributed by atoms with Gasteiger partial charge in [0, 0.05) is 18.2 Å². The summed E-state index contributed by atoms with van der Waals surface area (Å²) in [6.07, 6.45) is 0.961. The predicted molar refractivity (Wildman–Crippen MR) is 98.0 cm³/mol. The molecule has 0 aliphatic carbocycles. The van der Waals surface area contributed by atoms with Crippen LogP contribution in [0.1, 0.15) is 26.7 Å². The zero-order valence-corrected chi connectivity index (χ0v) is 15.3. The molecule has 1 heterocycles. The summed E-state index contributed by atoms with van der Waals surface area (Å²) in [5, 5.41) is 5.98. The van der Waals surface area contributed by atoms with Crippen LogP contribution in [0.25, 0.3) is 0 Å². The minimum Gasteiger partial charge on any atom is -0.495 e. The van der Waals surface area contributed by atoms with Crippen molar-refractivity contribution >= 4 is 46.0 Å². The Kier molecular flexibility index (Phi) is 6.51. The van der Waals surface area contributed by atoms with Gasteiger partial charge >= 0.3 is 0 Å². The van der Waals surface area contributed by atoms with Crippen LogP contribution in [-0.2, 0) is 9.59 Å². The molecule has 0 saturated carbocycles. The van der Waals surface area contributed by atoms with E-state index in [1.807, 2.05) is 13.8 Å². The highest BCUT2D eigenvalue weighted by atomic mass is 35.5. The number of amides is 2. The third-order valence-corrected chi connectivity index (χ3v) is 4.90. The van der Waals surface area contributed by atoms with Crippen molar-refractivity contribution < 1.29 is 14.3 Å².